The van der Waals surface area contributed by atoms with Crippen molar-refractivity contribution in [1.29, 1.82) is 0 Å². The van der Waals surface area contributed by atoms with E-state index in [0.29, 0.717) is 23.1 Å². The zero-order valence-electron chi connectivity index (χ0n) is 28.5. The summed E-state index contributed by atoms with van der Waals surface area (Å²) in [5.74, 6) is 2.02. The lowest BCUT2D eigenvalue weighted by atomic mass is 10.1. The minimum Gasteiger partial charge on any atom is -0.454 e. The largest absolute Gasteiger partial charge is 0.454 e. The summed E-state index contributed by atoms with van der Waals surface area (Å²) in [5, 5.41) is 15.8. The fourth-order valence-electron chi connectivity index (χ4n) is 5.27. The van der Waals surface area contributed by atoms with Crippen LogP contribution < -0.4 is 32.6 Å². The van der Waals surface area contributed by atoms with Crippen LogP contribution in [0.15, 0.2) is 77.9 Å². The second kappa shape index (κ2) is 21.1. The van der Waals surface area contributed by atoms with E-state index in [1.807, 2.05) is 6.07 Å². The zero-order chi connectivity index (χ0) is 38.9. The van der Waals surface area contributed by atoms with E-state index in [0.717, 1.165) is 7.11 Å². The molecule has 18 heteroatoms. The first-order valence-electron chi connectivity index (χ1n) is 16.0. The number of nitrogens with one attached hydrogen (secondary N) is 3. The van der Waals surface area contributed by atoms with Crippen molar-refractivity contribution >= 4 is 70.7 Å². The lowest BCUT2D eigenvalue weighted by molar-refractivity contribution is -0.131. The fraction of sp³-hybridized carbons (Fsp3) is 0.286. The summed E-state index contributed by atoms with van der Waals surface area (Å²) in [5.41, 5.74) is 9.53. The number of amidine groups is 1. The molecule has 3 atom stereocenters. The predicted octanol–water partition coefficient (Wildman–Crippen LogP) is 2.17. The highest BCUT2D eigenvalue weighted by atomic mass is 35.5. The molecule has 16 nitrogen and oxygen atoms in total. The second-order valence-electron chi connectivity index (χ2n) is 11.2. The molecule has 3 aromatic rings. The SMILES string of the molecule is CO.NN/N=C(\N)CCC(NC(=O)OCc1ccccc1)C(=O)N1c2ccccc2CC1C(=O)NC(CC=O)C(=O)COC(=O)c1c(Cl)cccc1Cl. The second-order valence-corrected chi connectivity index (χ2v) is 12.0. The van der Waals surface area contributed by atoms with Crippen LogP contribution in [0.3, 0.4) is 0 Å². The highest BCUT2D eigenvalue weighted by Gasteiger charge is 2.42. The number of ketones is 1. The number of aliphatic hydroxyl groups is 1. The zero-order valence-corrected chi connectivity index (χ0v) is 30.0. The molecule has 0 fully saturated rings. The van der Waals surface area contributed by atoms with Crippen LogP contribution in [0.25, 0.3) is 0 Å². The standard InChI is InChI=1S/C34H35Cl2N7O8.CH4O/c35-22-10-6-11-23(36)30(22)33(48)50-19-28(45)24(15-16-44)39-31(46)27-17-21-9-4-5-12-26(21)43(27)32(47)25(13-14-29(37)41-42-38)40-34(49)51-18-20-7-2-1-3-8-20;1-2/h1-12,16,24-25,27,42H,13-15,17-19,38H2,(H2,37,41)(H,39,46)(H,40,49);2H,1H3. The van der Waals surface area contributed by atoms with Gasteiger partial charge in [0.15, 0.2) is 12.4 Å². The number of benzene rings is 3. The number of hydrazone groups is 1. The molecule has 4 rings (SSSR count). The van der Waals surface area contributed by atoms with Gasteiger partial charge >= 0.3 is 12.1 Å². The van der Waals surface area contributed by atoms with Gasteiger partial charge in [-0.25, -0.2) is 21.0 Å². The molecule has 3 aromatic carbocycles. The smallest absolute Gasteiger partial charge is 0.408 e. The Bertz CT molecular complexity index is 1780. The fourth-order valence-corrected chi connectivity index (χ4v) is 5.82. The van der Waals surface area contributed by atoms with Crippen molar-refractivity contribution in [2.75, 3.05) is 18.6 Å². The van der Waals surface area contributed by atoms with Crippen molar-refractivity contribution in [3.8, 4) is 0 Å². The molecule has 0 saturated heterocycles. The molecule has 1 aliphatic rings. The number of para-hydroxylation sites is 1. The van der Waals surface area contributed by atoms with Gasteiger partial charge in [0.25, 0.3) is 0 Å². The first-order chi connectivity index (χ1) is 25.5. The number of nitrogens with two attached hydrogens (primary N) is 2. The molecule has 282 valence electrons. The Balaban J connectivity index is 0.00000372. The number of Topliss-reactive ketones (excluding diaryl/α,β-unsaturated/α-hetero) is 1. The van der Waals surface area contributed by atoms with E-state index in [1.54, 1.807) is 48.5 Å². The number of halogens is 2. The molecule has 3 unspecified atom stereocenters. The molecule has 0 saturated carbocycles. The minimum absolute atomic E-state index is 0.00604. The van der Waals surface area contributed by atoms with E-state index in [9.17, 15) is 28.8 Å². The number of ether oxygens (including phenoxy) is 2. The van der Waals surface area contributed by atoms with Crippen LogP contribution >= 0.6 is 23.2 Å². The van der Waals surface area contributed by atoms with Crippen molar-refractivity contribution in [2.45, 2.75) is 50.4 Å². The Kier molecular flexibility index (Phi) is 16.7. The van der Waals surface area contributed by atoms with Gasteiger partial charge in [-0.2, -0.15) is 5.10 Å². The quantitative estimate of drug-likeness (QED) is 0.0307. The number of carbonyl (C=O) groups excluding carboxylic acids is 6. The van der Waals surface area contributed by atoms with Gasteiger partial charge in [0, 0.05) is 32.1 Å². The molecule has 0 aromatic heterocycles. The highest BCUT2D eigenvalue weighted by molar-refractivity contribution is 6.39. The van der Waals surface area contributed by atoms with Crippen LogP contribution in [0.1, 0.15) is 40.7 Å². The monoisotopic (exact) mass is 771 g/mol. The van der Waals surface area contributed by atoms with E-state index < -0.39 is 60.8 Å². The number of aliphatic hydroxyl groups excluding tert-OH is 1. The van der Waals surface area contributed by atoms with Crippen LogP contribution in [0, 0.1) is 0 Å². The van der Waals surface area contributed by atoms with Crippen LogP contribution in [-0.4, -0.2) is 78.7 Å². The van der Waals surface area contributed by atoms with Crippen molar-refractivity contribution in [1.82, 2.24) is 16.2 Å². The Labute approximate surface area is 314 Å². The summed E-state index contributed by atoms with van der Waals surface area (Å²) in [4.78, 5) is 79.5. The highest BCUT2D eigenvalue weighted by Crippen LogP contribution is 2.33. The van der Waals surface area contributed by atoms with Gasteiger partial charge in [0.1, 0.15) is 30.8 Å². The topological polar surface area (TPSA) is 245 Å². The van der Waals surface area contributed by atoms with E-state index in [1.165, 1.54) is 23.1 Å². The molecule has 0 spiro atoms. The van der Waals surface area contributed by atoms with E-state index in [4.69, 9.17) is 49.4 Å². The molecular weight excluding hydrogens is 733 g/mol. The number of amides is 3. The van der Waals surface area contributed by atoms with Crippen LogP contribution in [0.5, 0.6) is 0 Å². The molecule has 0 aliphatic carbocycles. The number of esters is 1. The van der Waals surface area contributed by atoms with Gasteiger partial charge in [0.05, 0.1) is 21.7 Å². The third-order valence-electron chi connectivity index (χ3n) is 7.77. The molecule has 1 aliphatic heterocycles. The number of aldehydes is 1. The number of fused-ring (bicyclic) bond motifs is 1. The average molecular weight is 773 g/mol. The Morgan fingerprint density at radius 3 is 2.26 bits per heavy atom. The number of alkyl carbamates (subject to hydrolysis) is 1. The van der Waals surface area contributed by atoms with E-state index >= 15 is 0 Å². The van der Waals surface area contributed by atoms with Crippen molar-refractivity contribution in [3.05, 3.63) is 99.5 Å². The van der Waals surface area contributed by atoms with Crippen molar-refractivity contribution < 1.29 is 43.3 Å². The number of nitrogens with zero attached hydrogens (tertiary/aromatic N) is 2. The average Bonchev–Trinajstić information content (AvgIpc) is 3.55. The van der Waals surface area contributed by atoms with E-state index in [-0.39, 0.29) is 47.3 Å². The normalized spacial score (nSPS) is 14.3. The first-order valence-corrected chi connectivity index (χ1v) is 16.8. The maximum absolute atomic E-state index is 14.3. The maximum atomic E-state index is 14.3. The lowest BCUT2D eigenvalue weighted by Crippen LogP contribution is -2.57. The Morgan fingerprint density at radius 1 is 0.943 bits per heavy atom. The number of hydrazine groups is 1. The van der Waals surface area contributed by atoms with Crippen molar-refractivity contribution in [3.63, 3.8) is 0 Å². The Hall–Kier alpha value is -5.55. The van der Waals surface area contributed by atoms with Gasteiger partial charge in [-0.05, 0) is 35.7 Å². The summed E-state index contributed by atoms with van der Waals surface area (Å²) in [7, 11) is 1.00. The molecule has 53 heavy (non-hydrogen) atoms. The molecule has 3 amide bonds. The summed E-state index contributed by atoms with van der Waals surface area (Å²) < 4.78 is 10.4. The molecule has 0 bridgehead atoms. The predicted molar refractivity (Wildman–Crippen MR) is 196 cm³/mol. The summed E-state index contributed by atoms with van der Waals surface area (Å²) in [6, 6.07) is 16.1. The summed E-state index contributed by atoms with van der Waals surface area (Å²) in [6.07, 6.45) is -0.931. The van der Waals surface area contributed by atoms with E-state index in [2.05, 4.69) is 21.3 Å². The molecule has 8 N–H and O–H groups in total. The number of carbonyl (C=O) groups is 6. The van der Waals surface area contributed by atoms with Crippen molar-refractivity contribution in [2.24, 2.45) is 16.7 Å². The Morgan fingerprint density at radius 2 is 1.60 bits per heavy atom. The molecule has 1 heterocycles. The number of hydrogen-bond donors (Lipinski definition) is 6. The number of hydrogen-bond acceptors (Lipinski definition) is 12. The maximum Gasteiger partial charge on any atom is 0.408 e. The van der Waals surface area contributed by atoms with Crippen LogP contribution in [0.4, 0.5) is 10.5 Å². The third kappa shape index (κ3) is 11.7. The van der Waals surface area contributed by atoms with Gasteiger partial charge in [-0.1, -0.05) is 77.8 Å². The van der Waals surface area contributed by atoms with Crippen LogP contribution in [-0.2, 0) is 41.7 Å². The summed E-state index contributed by atoms with van der Waals surface area (Å²) in [6.45, 7) is -0.886. The first kappa shape index (κ1) is 41.9. The number of anilines is 1. The minimum atomic E-state index is -1.41. The van der Waals surface area contributed by atoms with Gasteiger partial charge in [-0.15, -0.1) is 0 Å². The van der Waals surface area contributed by atoms with Gasteiger partial charge in [-0.3, -0.25) is 19.3 Å². The number of rotatable bonds is 16. The van der Waals surface area contributed by atoms with Crippen LogP contribution in [0.2, 0.25) is 10.0 Å². The summed E-state index contributed by atoms with van der Waals surface area (Å²) >= 11 is 12.1. The van der Waals surface area contributed by atoms with Gasteiger partial charge in [0.2, 0.25) is 11.8 Å². The van der Waals surface area contributed by atoms with Gasteiger partial charge < -0.3 is 35.7 Å². The third-order valence-corrected chi connectivity index (χ3v) is 8.40. The lowest BCUT2D eigenvalue weighted by Gasteiger charge is -2.30. The molecule has 0 radical (unpaired) electrons. The molecular formula is C35H39Cl2N7O9.